The molecule has 0 radical (unpaired) electrons. The Morgan fingerprint density at radius 2 is 1.22 bits per heavy atom. The van der Waals surface area contributed by atoms with Crippen molar-refractivity contribution in [1.82, 2.24) is 9.80 Å². The van der Waals surface area contributed by atoms with E-state index >= 15 is 0 Å². The van der Waals surface area contributed by atoms with E-state index in [1.807, 2.05) is 19.0 Å². The molecule has 0 aromatic carbocycles. The van der Waals surface area contributed by atoms with Crippen LogP contribution in [0.5, 0.6) is 0 Å². The number of esters is 2. The quantitative estimate of drug-likeness (QED) is 0.0397. The number of ether oxygens (including phenoxy) is 2. The zero-order valence-electron chi connectivity index (χ0n) is 41.6. The highest BCUT2D eigenvalue weighted by molar-refractivity contribution is 7.17. The number of carbonyl (C=O) groups excluding carboxylic acids is 4. The molecule has 0 spiro atoms. The molecule has 366 valence electrons. The van der Waals surface area contributed by atoms with E-state index in [1.165, 1.54) is 114 Å². The molecule has 0 saturated heterocycles. The van der Waals surface area contributed by atoms with Crippen LogP contribution in [0.3, 0.4) is 0 Å². The number of unbranched alkanes of at least 4 members (excludes halogenated alkanes) is 19. The number of hydrogen-bond donors (Lipinski definition) is 1. The van der Waals surface area contributed by atoms with E-state index in [-0.39, 0.29) is 30.3 Å². The number of amides is 2. The van der Waals surface area contributed by atoms with Gasteiger partial charge in [-0.1, -0.05) is 141 Å². The smallest absolute Gasteiger partial charge is 0.341 e. The van der Waals surface area contributed by atoms with Crippen LogP contribution in [0.15, 0.2) is 24.3 Å². The van der Waals surface area contributed by atoms with E-state index in [0.29, 0.717) is 68.8 Å². The third kappa shape index (κ3) is 27.5. The molecule has 1 aliphatic heterocycles. The van der Waals surface area contributed by atoms with Crippen molar-refractivity contribution >= 4 is 40.1 Å². The number of rotatable bonds is 40. The Balaban J connectivity index is 1.86. The van der Waals surface area contributed by atoms with Gasteiger partial charge in [-0.05, 0) is 110 Å². The Labute approximate surface area is 395 Å². The third-order valence-corrected chi connectivity index (χ3v) is 13.4. The van der Waals surface area contributed by atoms with Gasteiger partial charge < -0.3 is 24.6 Å². The van der Waals surface area contributed by atoms with Gasteiger partial charge in [0.1, 0.15) is 11.1 Å². The normalized spacial score (nSPS) is 12.8. The maximum Gasteiger partial charge on any atom is 0.341 e. The van der Waals surface area contributed by atoms with Gasteiger partial charge in [0.25, 0.3) is 0 Å². The Morgan fingerprint density at radius 3 is 1.86 bits per heavy atom. The summed E-state index contributed by atoms with van der Waals surface area (Å²) in [5.41, 5.74) is 1.32. The van der Waals surface area contributed by atoms with Crippen molar-refractivity contribution in [2.45, 2.75) is 239 Å². The minimum atomic E-state index is -0.421. The average molecular weight is 912 g/mol. The van der Waals surface area contributed by atoms with E-state index in [4.69, 9.17) is 9.47 Å². The zero-order valence-corrected chi connectivity index (χ0v) is 42.4. The van der Waals surface area contributed by atoms with E-state index in [9.17, 15) is 19.2 Å². The molecular formula is C54H93N3O6S. The van der Waals surface area contributed by atoms with Gasteiger partial charge in [-0.3, -0.25) is 14.4 Å². The van der Waals surface area contributed by atoms with Crippen LogP contribution in [0.2, 0.25) is 0 Å². The molecule has 2 amide bonds. The number of fused-ring (bicyclic) bond motifs is 1. The summed E-state index contributed by atoms with van der Waals surface area (Å²) in [4.78, 5) is 58.1. The van der Waals surface area contributed by atoms with Crippen molar-refractivity contribution in [3.63, 3.8) is 0 Å². The highest BCUT2D eigenvalue weighted by Crippen LogP contribution is 2.38. The molecule has 2 rings (SSSR count). The number of hydrogen-bond acceptors (Lipinski definition) is 8. The van der Waals surface area contributed by atoms with E-state index < -0.39 is 5.97 Å². The van der Waals surface area contributed by atoms with Crippen LogP contribution in [-0.2, 0) is 36.8 Å². The summed E-state index contributed by atoms with van der Waals surface area (Å²) in [6.45, 7) is 8.80. The van der Waals surface area contributed by atoms with Gasteiger partial charge in [-0.2, -0.15) is 0 Å². The summed E-state index contributed by atoms with van der Waals surface area (Å²) in [6, 6.07) is 0. The predicted molar refractivity (Wildman–Crippen MR) is 269 cm³/mol. The molecule has 2 heterocycles. The fourth-order valence-electron chi connectivity index (χ4n) is 8.34. The fraction of sp³-hybridized carbons (Fsp3) is 0.778. The van der Waals surface area contributed by atoms with Gasteiger partial charge in [-0.25, -0.2) is 4.79 Å². The highest BCUT2D eigenvalue weighted by Gasteiger charge is 2.31. The molecule has 0 aliphatic carbocycles. The first kappa shape index (κ1) is 57.1. The number of carbonyl (C=O) groups is 4. The summed E-state index contributed by atoms with van der Waals surface area (Å²) in [5, 5.41) is 3.53. The van der Waals surface area contributed by atoms with Gasteiger partial charge >= 0.3 is 11.9 Å². The largest absolute Gasteiger partial charge is 0.462 e. The Bertz CT molecular complexity index is 1440. The highest BCUT2D eigenvalue weighted by atomic mass is 32.1. The Kier molecular flexibility index (Phi) is 34.1. The summed E-state index contributed by atoms with van der Waals surface area (Å²) in [6.07, 6.45) is 41.8. The van der Waals surface area contributed by atoms with Gasteiger partial charge in [0.2, 0.25) is 11.8 Å². The minimum absolute atomic E-state index is 0.0179. The standard InChI is InChI=1S/C54H93N3O6S/c1-6-9-12-15-18-19-20-21-22-23-24-25-26-29-32-39-50(59)57-43-41-47-48(45-57)64-53(52(47)54(61)62-44-35-42-56(4)5)55-49(58)38-33-34-40-51(60)63-46(36-30-27-16-13-10-7-2)37-31-28-17-14-11-8-3/h18-19,21-22,46H,6-17,20,23-45H2,1-5H3,(H,55,58)/b19-18-,22-21-. The first-order chi connectivity index (χ1) is 31.2. The van der Waals surface area contributed by atoms with Crippen molar-refractivity contribution in [2.75, 3.05) is 39.1 Å². The first-order valence-electron chi connectivity index (χ1n) is 26.2. The molecule has 1 aromatic rings. The van der Waals surface area contributed by atoms with Crippen molar-refractivity contribution in [3.8, 4) is 0 Å². The van der Waals surface area contributed by atoms with Crippen molar-refractivity contribution in [1.29, 1.82) is 0 Å². The monoisotopic (exact) mass is 912 g/mol. The molecule has 0 bridgehead atoms. The SMILES string of the molecule is CCCCC/C=C\C/C=C\CCCCCCCC(=O)N1CCc2c(sc(NC(=O)CCCCC(=O)OC(CCCCCCCC)CCCCCCCC)c2C(=O)OCCCN(C)C)C1. The van der Waals surface area contributed by atoms with Crippen LogP contribution in [0.25, 0.3) is 0 Å². The third-order valence-electron chi connectivity index (χ3n) is 12.3. The maximum absolute atomic E-state index is 13.6. The average Bonchev–Trinajstić information content (AvgIpc) is 3.64. The van der Waals surface area contributed by atoms with Crippen LogP contribution in [-0.4, -0.2) is 73.4 Å². The molecule has 0 fully saturated rings. The number of nitrogens with zero attached hydrogens (tertiary/aromatic N) is 2. The van der Waals surface area contributed by atoms with Crippen LogP contribution >= 0.6 is 11.3 Å². The number of thiophene rings is 1. The summed E-state index contributed by atoms with van der Waals surface area (Å²) < 4.78 is 11.8. The summed E-state index contributed by atoms with van der Waals surface area (Å²) in [7, 11) is 3.98. The van der Waals surface area contributed by atoms with Crippen molar-refractivity contribution < 1.29 is 28.7 Å². The second-order valence-corrected chi connectivity index (χ2v) is 19.6. The number of allylic oxidation sites excluding steroid dienone is 4. The van der Waals surface area contributed by atoms with Crippen molar-refractivity contribution in [3.05, 3.63) is 40.3 Å². The van der Waals surface area contributed by atoms with Gasteiger partial charge in [0, 0.05) is 37.2 Å². The molecule has 0 atom stereocenters. The molecule has 0 unspecified atom stereocenters. The van der Waals surface area contributed by atoms with E-state index in [1.54, 1.807) is 0 Å². The lowest BCUT2D eigenvalue weighted by molar-refractivity contribution is -0.150. The lowest BCUT2D eigenvalue weighted by Crippen LogP contribution is -2.35. The predicted octanol–water partition coefficient (Wildman–Crippen LogP) is 14.5. The minimum Gasteiger partial charge on any atom is -0.462 e. The molecule has 10 heteroatoms. The van der Waals surface area contributed by atoms with Crippen LogP contribution in [0.1, 0.15) is 241 Å². The Morgan fingerprint density at radius 1 is 0.672 bits per heavy atom. The fourth-order valence-corrected chi connectivity index (χ4v) is 9.61. The first-order valence-corrected chi connectivity index (χ1v) is 27.0. The van der Waals surface area contributed by atoms with Crippen LogP contribution < -0.4 is 5.32 Å². The lowest BCUT2D eigenvalue weighted by atomic mass is 10.0. The molecule has 64 heavy (non-hydrogen) atoms. The van der Waals surface area contributed by atoms with Crippen LogP contribution in [0.4, 0.5) is 5.00 Å². The van der Waals surface area contributed by atoms with Gasteiger partial charge in [0.15, 0.2) is 0 Å². The van der Waals surface area contributed by atoms with Gasteiger partial charge in [-0.15, -0.1) is 11.3 Å². The molecular weight excluding hydrogens is 819 g/mol. The maximum atomic E-state index is 13.6. The van der Waals surface area contributed by atoms with E-state index in [0.717, 1.165) is 74.8 Å². The van der Waals surface area contributed by atoms with Gasteiger partial charge in [0.05, 0.1) is 18.7 Å². The number of anilines is 1. The molecule has 1 N–H and O–H groups in total. The summed E-state index contributed by atoms with van der Waals surface area (Å²) >= 11 is 1.39. The molecule has 0 saturated carbocycles. The number of nitrogens with one attached hydrogen (secondary N) is 1. The zero-order chi connectivity index (χ0) is 46.5. The second-order valence-electron chi connectivity index (χ2n) is 18.5. The molecule has 1 aliphatic rings. The molecule has 9 nitrogen and oxygen atoms in total. The topological polar surface area (TPSA) is 105 Å². The van der Waals surface area contributed by atoms with E-state index in [2.05, 4.69) is 55.3 Å². The summed E-state index contributed by atoms with van der Waals surface area (Å²) in [5.74, 6) is -0.623. The van der Waals surface area contributed by atoms with Crippen molar-refractivity contribution in [2.24, 2.45) is 0 Å². The molecule has 1 aromatic heterocycles. The second kappa shape index (κ2) is 38.2. The lowest BCUT2D eigenvalue weighted by Gasteiger charge is -2.27. The Hall–Kier alpha value is -2.98. The van der Waals surface area contributed by atoms with Crippen LogP contribution in [0, 0.1) is 0 Å².